The third-order valence-corrected chi connectivity index (χ3v) is 1.75. The average molecular weight is 180 g/mol. The van der Waals surface area contributed by atoms with Gasteiger partial charge in [-0.3, -0.25) is 9.78 Å². The van der Waals surface area contributed by atoms with Gasteiger partial charge in [0, 0.05) is 11.9 Å². The number of pyridine rings is 1. The van der Waals surface area contributed by atoms with Crippen LogP contribution in [0, 0.1) is 6.92 Å². The molecule has 4 nitrogen and oxygen atoms in total. The number of nitrogen functional groups attached to an aromatic ring is 1. The van der Waals surface area contributed by atoms with E-state index in [1.165, 1.54) is 7.11 Å². The lowest BCUT2D eigenvalue weighted by Crippen LogP contribution is -2.06. The Morgan fingerprint density at radius 2 is 2.38 bits per heavy atom. The second-order valence-electron chi connectivity index (χ2n) is 2.79. The van der Waals surface area contributed by atoms with Gasteiger partial charge in [0.25, 0.3) is 0 Å². The number of hydrogen-bond donors (Lipinski definition) is 1. The van der Waals surface area contributed by atoms with Crippen molar-refractivity contribution in [3.8, 4) is 0 Å². The maximum Gasteiger partial charge on any atom is 0.311 e. The smallest absolute Gasteiger partial charge is 0.311 e. The van der Waals surface area contributed by atoms with Gasteiger partial charge in [0.2, 0.25) is 0 Å². The largest absolute Gasteiger partial charge is 0.469 e. The van der Waals surface area contributed by atoms with E-state index >= 15 is 0 Å². The number of carbonyl (C=O) groups excluding carboxylic acids is 1. The van der Waals surface area contributed by atoms with Crippen LogP contribution < -0.4 is 5.73 Å². The van der Waals surface area contributed by atoms with Crippen LogP contribution in [0.3, 0.4) is 0 Å². The van der Waals surface area contributed by atoms with Crippen molar-refractivity contribution in [3.63, 3.8) is 0 Å². The molecular weight excluding hydrogens is 168 g/mol. The Bertz CT molecular complexity index is 323. The molecule has 0 fully saturated rings. The molecule has 70 valence electrons. The number of ether oxygens (including phenoxy) is 1. The maximum absolute atomic E-state index is 10.9. The van der Waals surface area contributed by atoms with E-state index in [9.17, 15) is 4.79 Å². The van der Waals surface area contributed by atoms with Gasteiger partial charge >= 0.3 is 5.97 Å². The molecule has 2 N–H and O–H groups in total. The summed E-state index contributed by atoms with van der Waals surface area (Å²) in [6, 6.07) is 1.69. The maximum atomic E-state index is 10.9. The van der Waals surface area contributed by atoms with Crippen LogP contribution in [0.25, 0.3) is 0 Å². The fourth-order valence-corrected chi connectivity index (χ4v) is 0.902. The molecule has 0 amide bonds. The van der Waals surface area contributed by atoms with Crippen molar-refractivity contribution in [3.05, 3.63) is 23.5 Å². The molecule has 0 aliphatic carbocycles. The molecule has 0 aromatic carbocycles. The summed E-state index contributed by atoms with van der Waals surface area (Å²) in [6.45, 7) is 1.87. The fraction of sp³-hybridized carbons (Fsp3) is 0.333. The molecule has 0 unspecified atom stereocenters. The number of rotatable bonds is 2. The molecule has 0 saturated carbocycles. The number of esters is 1. The quantitative estimate of drug-likeness (QED) is 0.680. The Morgan fingerprint density at radius 3 is 2.92 bits per heavy atom. The van der Waals surface area contributed by atoms with Crippen LogP contribution >= 0.6 is 0 Å². The van der Waals surface area contributed by atoms with E-state index < -0.39 is 0 Å². The summed E-state index contributed by atoms with van der Waals surface area (Å²) in [4.78, 5) is 14.9. The highest BCUT2D eigenvalue weighted by Gasteiger charge is 2.04. The SMILES string of the molecule is COC(=O)Cc1cc(N)c(C)cn1. The highest BCUT2D eigenvalue weighted by Crippen LogP contribution is 2.10. The molecule has 0 atom stereocenters. The van der Waals surface area contributed by atoms with Crippen LogP contribution in [0.5, 0.6) is 0 Å². The van der Waals surface area contributed by atoms with Gasteiger partial charge in [-0.1, -0.05) is 0 Å². The van der Waals surface area contributed by atoms with Crippen LogP contribution in [0.1, 0.15) is 11.3 Å². The molecule has 1 rings (SSSR count). The minimum absolute atomic E-state index is 0.168. The number of anilines is 1. The molecule has 0 bridgehead atoms. The fourth-order valence-electron chi connectivity index (χ4n) is 0.902. The Hall–Kier alpha value is -1.58. The third kappa shape index (κ3) is 2.43. The summed E-state index contributed by atoms with van der Waals surface area (Å²) in [5.41, 5.74) is 7.84. The van der Waals surface area contributed by atoms with E-state index in [0.29, 0.717) is 11.4 Å². The molecule has 0 aliphatic heterocycles. The van der Waals surface area contributed by atoms with E-state index in [2.05, 4.69) is 9.72 Å². The van der Waals surface area contributed by atoms with Crippen molar-refractivity contribution in [2.45, 2.75) is 13.3 Å². The van der Waals surface area contributed by atoms with Crippen LogP contribution in [0.2, 0.25) is 0 Å². The van der Waals surface area contributed by atoms with Crippen LogP contribution in [-0.2, 0) is 16.0 Å². The number of hydrogen-bond acceptors (Lipinski definition) is 4. The summed E-state index contributed by atoms with van der Waals surface area (Å²) in [5, 5.41) is 0. The number of aryl methyl sites for hydroxylation is 1. The normalized spacial score (nSPS) is 9.69. The third-order valence-electron chi connectivity index (χ3n) is 1.75. The zero-order valence-corrected chi connectivity index (χ0v) is 7.70. The lowest BCUT2D eigenvalue weighted by molar-refractivity contribution is -0.139. The van der Waals surface area contributed by atoms with Crippen LogP contribution in [-0.4, -0.2) is 18.1 Å². The van der Waals surface area contributed by atoms with E-state index in [1.54, 1.807) is 12.3 Å². The molecular formula is C9H12N2O2. The van der Waals surface area contributed by atoms with Gasteiger partial charge < -0.3 is 10.5 Å². The second kappa shape index (κ2) is 3.89. The number of nitrogens with zero attached hydrogens (tertiary/aromatic N) is 1. The first-order chi connectivity index (χ1) is 6.13. The zero-order valence-electron chi connectivity index (χ0n) is 7.70. The van der Waals surface area contributed by atoms with Gasteiger partial charge in [0.05, 0.1) is 19.2 Å². The summed E-state index contributed by atoms with van der Waals surface area (Å²) in [6.07, 6.45) is 1.81. The molecule has 1 aromatic rings. The molecule has 1 aromatic heterocycles. The minimum Gasteiger partial charge on any atom is -0.469 e. The first-order valence-corrected chi connectivity index (χ1v) is 3.91. The van der Waals surface area contributed by atoms with Crippen molar-refractivity contribution in [1.82, 2.24) is 4.98 Å². The molecule has 0 aliphatic rings. The average Bonchev–Trinajstić information content (AvgIpc) is 2.11. The van der Waals surface area contributed by atoms with Gasteiger partial charge in [-0.15, -0.1) is 0 Å². The Kier molecular flexibility index (Phi) is 2.84. The van der Waals surface area contributed by atoms with Gasteiger partial charge in [-0.25, -0.2) is 0 Å². The highest BCUT2D eigenvalue weighted by atomic mass is 16.5. The number of methoxy groups -OCH3 is 1. The number of nitrogens with two attached hydrogens (primary N) is 1. The topological polar surface area (TPSA) is 65.2 Å². The van der Waals surface area contributed by atoms with Crippen molar-refractivity contribution in [2.24, 2.45) is 0 Å². The summed E-state index contributed by atoms with van der Waals surface area (Å²) < 4.78 is 4.50. The molecule has 4 heteroatoms. The number of carbonyl (C=O) groups is 1. The predicted octanol–water partition coefficient (Wildman–Crippen LogP) is 0.688. The molecule has 0 spiro atoms. The van der Waals surface area contributed by atoms with Crippen molar-refractivity contribution >= 4 is 11.7 Å². The summed E-state index contributed by atoms with van der Waals surface area (Å²) in [7, 11) is 1.35. The first kappa shape index (κ1) is 9.51. The van der Waals surface area contributed by atoms with Crippen molar-refractivity contribution < 1.29 is 9.53 Å². The molecule has 0 saturated heterocycles. The summed E-state index contributed by atoms with van der Waals surface area (Å²) in [5.74, 6) is -0.309. The number of aromatic nitrogens is 1. The Morgan fingerprint density at radius 1 is 1.69 bits per heavy atom. The summed E-state index contributed by atoms with van der Waals surface area (Å²) >= 11 is 0. The van der Waals surface area contributed by atoms with E-state index in [1.807, 2.05) is 6.92 Å². The predicted molar refractivity (Wildman–Crippen MR) is 49.1 cm³/mol. The molecule has 0 radical (unpaired) electrons. The molecule has 13 heavy (non-hydrogen) atoms. The van der Waals surface area contributed by atoms with Gasteiger partial charge in [-0.05, 0) is 18.6 Å². The van der Waals surface area contributed by atoms with E-state index in [4.69, 9.17) is 5.73 Å². The van der Waals surface area contributed by atoms with E-state index in [-0.39, 0.29) is 12.4 Å². The second-order valence-corrected chi connectivity index (χ2v) is 2.79. The first-order valence-electron chi connectivity index (χ1n) is 3.91. The lowest BCUT2D eigenvalue weighted by atomic mass is 10.2. The van der Waals surface area contributed by atoms with Gasteiger partial charge in [0.15, 0.2) is 0 Å². The lowest BCUT2D eigenvalue weighted by Gasteiger charge is -2.02. The van der Waals surface area contributed by atoms with E-state index in [0.717, 1.165) is 5.56 Å². The Labute approximate surface area is 76.7 Å². The van der Waals surface area contributed by atoms with Crippen molar-refractivity contribution in [2.75, 3.05) is 12.8 Å². The highest BCUT2D eigenvalue weighted by molar-refractivity contribution is 5.72. The Balaban J connectivity index is 2.79. The monoisotopic (exact) mass is 180 g/mol. The standard InChI is InChI=1S/C9H12N2O2/c1-6-5-11-7(3-8(6)10)4-9(12)13-2/h3,5H,4H2,1-2H3,(H2,10,11). The van der Waals surface area contributed by atoms with Crippen LogP contribution in [0.4, 0.5) is 5.69 Å². The van der Waals surface area contributed by atoms with Gasteiger partial charge in [0.1, 0.15) is 0 Å². The van der Waals surface area contributed by atoms with Crippen LogP contribution in [0.15, 0.2) is 12.3 Å². The van der Waals surface area contributed by atoms with Crippen molar-refractivity contribution in [1.29, 1.82) is 0 Å². The minimum atomic E-state index is -0.309. The zero-order chi connectivity index (χ0) is 9.84. The van der Waals surface area contributed by atoms with Gasteiger partial charge in [-0.2, -0.15) is 0 Å². The molecule has 1 heterocycles.